The van der Waals surface area contributed by atoms with Crippen LogP contribution in [0, 0.1) is 0 Å². The Bertz CT molecular complexity index is 319. The van der Waals surface area contributed by atoms with Gasteiger partial charge in [-0.1, -0.05) is 0 Å². The number of hydrogen-bond donors (Lipinski definition) is 1. The summed E-state index contributed by atoms with van der Waals surface area (Å²) in [6.07, 6.45) is 1.93. The van der Waals surface area contributed by atoms with Gasteiger partial charge in [-0.25, -0.2) is 0 Å². The number of rotatable bonds is 5. The largest absolute Gasteiger partial charge is 0.344 e. The molecule has 0 spiro atoms. The average Bonchev–Trinajstić information content (AvgIpc) is 2.72. The molecule has 0 atom stereocenters. The Morgan fingerprint density at radius 2 is 2.33 bits per heavy atom. The van der Waals surface area contributed by atoms with E-state index in [1.54, 1.807) is 4.90 Å². The van der Waals surface area contributed by atoms with E-state index in [9.17, 15) is 4.79 Å². The van der Waals surface area contributed by atoms with Crippen molar-refractivity contribution in [2.45, 2.75) is 13.5 Å². The summed E-state index contributed by atoms with van der Waals surface area (Å²) in [5.74, 6) is 0.0806. The van der Waals surface area contributed by atoms with Gasteiger partial charge >= 0.3 is 0 Å². The van der Waals surface area contributed by atoms with Gasteiger partial charge in [0.15, 0.2) is 0 Å². The Labute approximate surface area is 90.9 Å². The van der Waals surface area contributed by atoms with Gasteiger partial charge in [-0.3, -0.25) is 4.79 Å². The number of carbonyl (C=O) groups is 1. The molecule has 1 N–H and O–H groups in total. The molecule has 0 saturated carbocycles. The number of likely N-dealkylation sites (N-methyl/N-ethyl adjacent to an activating group) is 2. The van der Waals surface area contributed by atoms with Gasteiger partial charge < -0.3 is 14.8 Å². The fraction of sp³-hybridized carbons (Fsp3) is 0.545. The van der Waals surface area contributed by atoms with Crippen molar-refractivity contribution in [3.63, 3.8) is 0 Å². The normalized spacial score (nSPS) is 10.3. The first-order valence-electron chi connectivity index (χ1n) is 5.26. The maximum absolute atomic E-state index is 12.0. The number of nitrogens with one attached hydrogen (secondary N) is 1. The summed E-state index contributed by atoms with van der Waals surface area (Å²) in [4.78, 5) is 13.7. The monoisotopic (exact) mass is 209 g/mol. The predicted molar refractivity (Wildman–Crippen MR) is 61.0 cm³/mol. The van der Waals surface area contributed by atoms with Crippen molar-refractivity contribution in [3.05, 3.63) is 24.0 Å². The number of carbonyl (C=O) groups excluding carboxylic acids is 1. The van der Waals surface area contributed by atoms with E-state index in [0.29, 0.717) is 0 Å². The fourth-order valence-electron chi connectivity index (χ4n) is 1.46. The van der Waals surface area contributed by atoms with Crippen LogP contribution in [-0.2, 0) is 6.54 Å². The topological polar surface area (TPSA) is 37.3 Å². The van der Waals surface area contributed by atoms with Crippen LogP contribution in [0.5, 0.6) is 0 Å². The van der Waals surface area contributed by atoms with Crippen LogP contribution in [0.2, 0.25) is 0 Å². The first-order chi connectivity index (χ1) is 7.20. The molecule has 4 nitrogen and oxygen atoms in total. The van der Waals surface area contributed by atoms with Gasteiger partial charge in [0, 0.05) is 32.9 Å². The zero-order chi connectivity index (χ0) is 11.3. The summed E-state index contributed by atoms with van der Waals surface area (Å²) in [7, 11) is 3.71. The molecule has 1 amide bonds. The van der Waals surface area contributed by atoms with Crippen LogP contribution in [-0.4, -0.2) is 42.6 Å². The molecule has 1 heterocycles. The van der Waals surface area contributed by atoms with E-state index >= 15 is 0 Å². The molecular formula is C11H19N3O. The molecular weight excluding hydrogens is 190 g/mol. The van der Waals surface area contributed by atoms with Crippen molar-refractivity contribution < 1.29 is 4.79 Å². The number of aryl methyl sites for hydroxylation is 1. The maximum atomic E-state index is 12.0. The summed E-state index contributed by atoms with van der Waals surface area (Å²) in [6.45, 7) is 4.40. The molecule has 15 heavy (non-hydrogen) atoms. The van der Waals surface area contributed by atoms with Gasteiger partial charge in [0.2, 0.25) is 0 Å². The van der Waals surface area contributed by atoms with Gasteiger partial charge in [-0.05, 0) is 26.1 Å². The molecule has 0 aliphatic carbocycles. The van der Waals surface area contributed by atoms with Gasteiger partial charge in [-0.2, -0.15) is 0 Å². The molecule has 1 rings (SSSR count). The molecule has 0 aliphatic rings. The number of aromatic nitrogens is 1. The van der Waals surface area contributed by atoms with Crippen LogP contribution in [0.4, 0.5) is 0 Å². The van der Waals surface area contributed by atoms with Crippen molar-refractivity contribution in [2.24, 2.45) is 0 Å². The van der Waals surface area contributed by atoms with E-state index in [1.807, 2.05) is 43.9 Å². The second kappa shape index (κ2) is 5.56. The van der Waals surface area contributed by atoms with Gasteiger partial charge in [0.25, 0.3) is 5.91 Å². The summed E-state index contributed by atoms with van der Waals surface area (Å²) in [5, 5.41) is 3.03. The SMILES string of the molecule is CCn1cccc1C(=O)N(C)CCNC. The van der Waals surface area contributed by atoms with Crippen molar-refractivity contribution >= 4 is 5.91 Å². The van der Waals surface area contributed by atoms with Crippen molar-refractivity contribution in [1.82, 2.24) is 14.8 Å². The van der Waals surface area contributed by atoms with Crippen LogP contribution in [0.15, 0.2) is 18.3 Å². The molecule has 84 valence electrons. The molecule has 1 aromatic rings. The van der Waals surface area contributed by atoms with Gasteiger partial charge in [-0.15, -0.1) is 0 Å². The lowest BCUT2D eigenvalue weighted by Crippen LogP contribution is -2.33. The van der Waals surface area contributed by atoms with E-state index in [4.69, 9.17) is 0 Å². The number of amides is 1. The minimum absolute atomic E-state index is 0.0806. The minimum Gasteiger partial charge on any atom is -0.344 e. The third-order valence-corrected chi connectivity index (χ3v) is 2.43. The highest BCUT2D eigenvalue weighted by atomic mass is 16.2. The van der Waals surface area contributed by atoms with Crippen LogP contribution in [0.25, 0.3) is 0 Å². The standard InChI is InChI=1S/C11H19N3O/c1-4-14-8-5-6-10(14)11(15)13(3)9-7-12-2/h5-6,8,12H,4,7,9H2,1-3H3. The highest BCUT2D eigenvalue weighted by molar-refractivity contribution is 5.92. The van der Waals surface area contributed by atoms with E-state index in [1.165, 1.54) is 0 Å². The first-order valence-corrected chi connectivity index (χ1v) is 5.26. The summed E-state index contributed by atoms with van der Waals surface area (Å²) < 4.78 is 1.96. The molecule has 0 saturated heterocycles. The smallest absolute Gasteiger partial charge is 0.270 e. The Morgan fingerprint density at radius 1 is 1.60 bits per heavy atom. The molecule has 4 heteroatoms. The molecule has 0 aliphatic heterocycles. The van der Waals surface area contributed by atoms with Crippen molar-refractivity contribution in [2.75, 3.05) is 27.2 Å². The quantitative estimate of drug-likeness (QED) is 0.779. The zero-order valence-electron chi connectivity index (χ0n) is 9.66. The third-order valence-electron chi connectivity index (χ3n) is 2.43. The number of nitrogens with zero attached hydrogens (tertiary/aromatic N) is 2. The minimum atomic E-state index is 0.0806. The lowest BCUT2D eigenvalue weighted by atomic mass is 10.3. The lowest BCUT2D eigenvalue weighted by molar-refractivity contribution is 0.0786. The van der Waals surface area contributed by atoms with E-state index in [2.05, 4.69) is 5.32 Å². The summed E-state index contributed by atoms with van der Waals surface area (Å²) >= 11 is 0. The van der Waals surface area contributed by atoms with Crippen LogP contribution in [0.1, 0.15) is 17.4 Å². The Hall–Kier alpha value is -1.29. The molecule has 0 bridgehead atoms. The summed E-state index contributed by atoms with van der Waals surface area (Å²) in [5.41, 5.74) is 0.760. The van der Waals surface area contributed by atoms with Crippen LogP contribution in [0.3, 0.4) is 0 Å². The number of hydrogen-bond acceptors (Lipinski definition) is 2. The van der Waals surface area contributed by atoms with E-state index < -0.39 is 0 Å². The fourth-order valence-corrected chi connectivity index (χ4v) is 1.46. The third kappa shape index (κ3) is 2.83. The van der Waals surface area contributed by atoms with E-state index in [-0.39, 0.29) is 5.91 Å². The Morgan fingerprint density at radius 3 is 2.93 bits per heavy atom. The van der Waals surface area contributed by atoms with Gasteiger partial charge in [0.05, 0.1) is 0 Å². The molecule has 0 fully saturated rings. The molecule has 1 aromatic heterocycles. The second-order valence-electron chi connectivity index (χ2n) is 3.51. The van der Waals surface area contributed by atoms with Crippen molar-refractivity contribution in [1.29, 1.82) is 0 Å². The van der Waals surface area contributed by atoms with Crippen molar-refractivity contribution in [3.8, 4) is 0 Å². The lowest BCUT2D eigenvalue weighted by Gasteiger charge is -2.17. The molecule has 0 aromatic carbocycles. The Balaban J connectivity index is 2.67. The first kappa shape index (κ1) is 11.8. The summed E-state index contributed by atoms with van der Waals surface area (Å²) in [6, 6.07) is 3.77. The molecule has 0 radical (unpaired) electrons. The average molecular weight is 209 g/mol. The van der Waals surface area contributed by atoms with Crippen LogP contribution >= 0.6 is 0 Å². The van der Waals surface area contributed by atoms with Crippen LogP contribution < -0.4 is 5.32 Å². The predicted octanol–water partition coefficient (Wildman–Crippen LogP) is 0.799. The molecule has 0 unspecified atom stereocenters. The maximum Gasteiger partial charge on any atom is 0.270 e. The zero-order valence-corrected chi connectivity index (χ0v) is 9.66. The van der Waals surface area contributed by atoms with E-state index in [0.717, 1.165) is 25.3 Å². The van der Waals surface area contributed by atoms with Gasteiger partial charge in [0.1, 0.15) is 5.69 Å². The second-order valence-corrected chi connectivity index (χ2v) is 3.51. The highest BCUT2D eigenvalue weighted by Gasteiger charge is 2.13. The highest BCUT2D eigenvalue weighted by Crippen LogP contribution is 2.05. The Kier molecular flexibility index (Phi) is 4.37.